The Morgan fingerprint density at radius 3 is 1.30 bits per heavy atom. The first-order valence-electron chi connectivity index (χ1n) is 18.6. The van der Waals surface area contributed by atoms with Gasteiger partial charge in [0.15, 0.2) is 0 Å². The zero-order valence-corrected chi connectivity index (χ0v) is 31.1. The molecule has 0 N–H and O–H groups in total. The van der Waals surface area contributed by atoms with Crippen molar-refractivity contribution in [2.75, 3.05) is 53.6 Å². The molecule has 46 heavy (non-hydrogen) atoms. The van der Waals surface area contributed by atoms with Crippen LogP contribution in [0.4, 0.5) is 0 Å². The highest BCUT2D eigenvalue weighted by molar-refractivity contribution is 5.42. The summed E-state index contributed by atoms with van der Waals surface area (Å²) in [4.78, 5) is 5.52. The second kappa shape index (κ2) is 15.7. The van der Waals surface area contributed by atoms with Crippen LogP contribution in [0.2, 0.25) is 0 Å². The Kier molecular flexibility index (Phi) is 12.1. The van der Waals surface area contributed by atoms with Crippen molar-refractivity contribution < 1.29 is 9.47 Å². The van der Waals surface area contributed by atoms with Crippen molar-refractivity contribution in [3.8, 4) is 0 Å². The minimum atomic E-state index is 0.613. The molecule has 256 valence electrons. The first-order chi connectivity index (χ1) is 22.0. The summed E-state index contributed by atoms with van der Waals surface area (Å²) in [5.74, 6) is 4.54. The molecule has 4 heterocycles. The highest BCUT2D eigenvalue weighted by atomic mass is 16.5. The lowest BCUT2D eigenvalue weighted by atomic mass is 9.74. The second-order valence-electron chi connectivity index (χ2n) is 16.5. The monoisotopic (exact) mass is 631 g/mol. The zero-order valence-electron chi connectivity index (χ0n) is 31.1. The van der Waals surface area contributed by atoms with Gasteiger partial charge < -0.3 is 9.47 Å². The molecule has 0 spiro atoms. The molecular weight excluding hydrogens is 564 g/mol. The molecule has 0 amide bonds. The molecule has 4 aliphatic rings. The lowest BCUT2D eigenvalue weighted by molar-refractivity contribution is 0.00735. The fourth-order valence-corrected chi connectivity index (χ4v) is 9.51. The van der Waals surface area contributed by atoms with Gasteiger partial charge in [-0.05, 0) is 146 Å². The number of rotatable bonds is 8. The van der Waals surface area contributed by atoms with Crippen LogP contribution in [0, 0.1) is 63.2 Å². The van der Waals surface area contributed by atoms with Crippen LogP contribution in [0.15, 0.2) is 24.3 Å². The Morgan fingerprint density at radius 2 is 0.957 bits per heavy atom. The van der Waals surface area contributed by atoms with E-state index >= 15 is 0 Å². The van der Waals surface area contributed by atoms with E-state index in [0.717, 1.165) is 36.9 Å². The van der Waals surface area contributed by atoms with Crippen molar-refractivity contribution in [1.29, 1.82) is 0 Å². The predicted octanol–water partition coefficient (Wildman–Crippen LogP) is 9.06. The van der Waals surface area contributed by atoms with Crippen LogP contribution in [-0.2, 0) is 22.3 Å². The van der Waals surface area contributed by atoms with Crippen molar-refractivity contribution in [2.45, 2.75) is 106 Å². The molecule has 4 aliphatic heterocycles. The predicted molar refractivity (Wildman–Crippen MR) is 194 cm³/mol. The van der Waals surface area contributed by atoms with Gasteiger partial charge in [0.1, 0.15) is 0 Å². The summed E-state index contributed by atoms with van der Waals surface area (Å²) in [5.41, 5.74) is 12.2. The van der Waals surface area contributed by atoms with E-state index in [4.69, 9.17) is 9.47 Å². The maximum absolute atomic E-state index is 5.59. The summed E-state index contributed by atoms with van der Waals surface area (Å²) in [5, 5.41) is 0. The van der Waals surface area contributed by atoms with Crippen molar-refractivity contribution in [3.63, 3.8) is 0 Å². The van der Waals surface area contributed by atoms with Gasteiger partial charge in [-0.3, -0.25) is 9.80 Å². The number of fused-ring (bicyclic) bond motifs is 6. The standard InChI is InChI=1S/2C21H33NO/c2*1-14(2)8-18-12-22-7-6-17-9-15(3)16(4)10-20(17)21(22)11-19(18)13-23-5/h2*9-10,14,18-19,21H,6-8,11-13H2,1-5H3/t18-,19+,21-;/m1./s1. The minimum absolute atomic E-state index is 0.613. The fourth-order valence-electron chi connectivity index (χ4n) is 9.51. The number of ether oxygens (including phenoxy) is 2. The highest BCUT2D eigenvalue weighted by Gasteiger charge is 2.40. The molecule has 0 aliphatic carbocycles. The molecule has 6 atom stereocenters. The minimum Gasteiger partial charge on any atom is -0.384 e. The van der Waals surface area contributed by atoms with E-state index in [-0.39, 0.29) is 0 Å². The summed E-state index contributed by atoms with van der Waals surface area (Å²) < 4.78 is 11.2. The number of nitrogens with zero attached hydrogens (tertiary/aromatic N) is 2. The van der Waals surface area contributed by atoms with Gasteiger partial charge in [-0.15, -0.1) is 0 Å². The van der Waals surface area contributed by atoms with Crippen LogP contribution in [0.5, 0.6) is 0 Å². The van der Waals surface area contributed by atoms with Crippen LogP contribution in [0.25, 0.3) is 0 Å². The third kappa shape index (κ3) is 8.11. The van der Waals surface area contributed by atoms with Crippen LogP contribution in [-0.4, -0.2) is 63.4 Å². The Bertz CT molecular complexity index is 1200. The molecule has 4 heteroatoms. The quantitative estimate of drug-likeness (QED) is 0.291. The summed E-state index contributed by atoms with van der Waals surface area (Å²) >= 11 is 0. The maximum atomic E-state index is 5.59. The molecular formula is C42H66N2O2. The molecule has 2 fully saturated rings. The second-order valence-corrected chi connectivity index (χ2v) is 16.5. The SMILES string of the molecule is COCC1CC2c3cc(C)c(C)cc3CCN2CC1CC(C)C.COC[C@@H]1C[C@@H]2c3cc(C)c(C)cc3CCN2C[C@H]1CC(C)C. The number of benzene rings is 2. The van der Waals surface area contributed by atoms with Crippen molar-refractivity contribution in [2.24, 2.45) is 35.5 Å². The molecule has 2 aromatic rings. The molecule has 0 saturated carbocycles. The van der Waals surface area contributed by atoms with E-state index in [2.05, 4.69) is 89.5 Å². The van der Waals surface area contributed by atoms with Gasteiger partial charge >= 0.3 is 0 Å². The molecule has 0 bridgehead atoms. The van der Waals surface area contributed by atoms with Gasteiger partial charge in [-0.25, -0.2) is 0 Å². The smallest absolute Gasteiger partial charge is 0.0494 e. The molecule has 3 unspecified atom stereocenters. The van der Waals surface area contributed by atoms with Crippen LogP contribution in [0.3, 0.4) is 0 Å². The van der Waals surface area contributed by atoms with Gasteiger partial charge in [-0.2, -0.15) is 0 Å². The van der Waals surface area contributed by atoms with E-state index < -0.39 is 0 Å². The topological polar surface area (TPSA) is 24.9 Å². The van der Waals surface area contributed by atoms with Crippen molar-refractivity contribution in [3.05, 3.63) is 68.8 Å². The van der Waals surface area contributed by atoms with E-state index in [1.54, 1.807) is 22.3 Å². The molecule has 2 saturated heterocycles. The highest BCUT2D eigenvalue weighted by Crippen LogP contribution is 2.45. The lowest BCUT2D eigenvalue weighted by Gasteiger charge is -2.47. The third-order valence-electron chi connectivity index (χ3n) is 12.1. The number of hydrogen-bond acceptors (Lipinski definition) is 4. The van der Waals surface area contributed by atoms with Crippen molar-refractivity contribution in [1.82, 2.24) is 9.80 Å². The number of piperidine rings is 2. The third-order valence-corrected chi connectivity index (χ3v) is 12.1. The normalized spacial score (nSPS) is 27.8. The Hall–Kier alpha value is -1.72. The van der Waals surface area contributed by atoms with Gasteiger partial charge in [0.05, 0.1) is 0 Å². The van der Waals surface area contributed by atoms with Crippen LogP contribution >= 0.6 is 0 Å². The number of aryl methyl sites for hydroxylation is 4. The molecule has 6 rings (SSSR count). The van der Waals surface area contributed by atoms with E-state index in [9.17, 15) is 0 Å². The average molecular weight is 631 g/mol. The largest absolute Gasteiger partial charge is 0.384 e. The van der Waals surface area contributed by atoms with Crippen LogP contribution < -0.4 is 0 Å². The fraction of sp³-hybridized carbons (Fsp3) is 0.714. The number of hydrogen-bond donors (Lipinski definition) is 0. The van der Waals surface area contributed by atoms with E-state index in [1.807, 2.05) is 14.2 Å². The summed E-state index contributed by atoms with van der Waals surface area (Å²) in [7, 11) is 3.72. The van der Waals surface area contributed by atoms with Gasteiger partial charge in [0, 0.05) is 65.7 Å². The van der Waals surface area contributed by atoms with Gasteiger partial charge in [0.2, 0.25) is 0 Å². The number of methoxy groups -OCH3 is 2. The summed E-state index contributed by atoms with van der Waals surface area (Å²) in [6, 6.07) is 11.0. The Morgan fingerprint density at radius 1 is 0.587 bits per heavy atom. The maximum Gasteiger partial charge on any atom is 0.0494 e. The average Bonchev–Trinajstić information content (AvgIpc) is 2.99. The molecule has 4 nitrogen and oxygen atoms in total. The van der Waals surface area contributed by atoms with Gasteiger partial charge in [0.25, 0.3) is 0 Å². The molecule has 0 aromatic heterocycles. The molecule has 2 aromatic carbocycles. The summed E-state index contributed by atoms with van der Waals surface area (Å²) in [6.07, 6.45) is 7.63. The van der Waals surface area contributed by atoms with E-state index in [1.165, 1.54) is 87.0 Å². The van der Waals surface area contributed by atoms with Crippen molar-refractivity contribution >= 4 is 0 Å². The summed E-state index contributed by atoms with van der Waals surface area (Å²) in [6.45, 7) is 25.2. The first-order valence-corrected chi connectivity index (χ1v) is 18.6. The zero-order chi connectivity index (χ0) is 33.1. The Labute approximate surface area is 282 Å². The van der Waals surface area contributed by atoms with E-state index in [0.29, 0.717) is 23.9 Å². The lowest BCUT2D eigenvalue weighted by Crippen LogP contribution is -2.47. The molecule has 0 radical (unpaired) electrons. The van der Waals surface area contributed by atoms with Crippen LogP contribution in [0.1, 0.15) is 110 Å². The van der Waals surface area contributed by atoms with Gasteiger partial charge in [-0.1, -0.05) is 52.0 Å². The Balaban J connectivity index is 0.000000181. The first kappa shape index (κ1) is 35.6.